The summed E-state index contributed by atoms with van der Waals surface area (Å²) in [5, 5.41) is -1.10. The summed E-state index contributed by atoms with van der Waals surface area (Å²) in [7, 11) is -8.07. The van der Waals surface area contributed by atoms with Crippen molar-refractivity contribution in [3.8, 4) is 5.75 Å². The Hall–Kier alpha value is -2.81. The van der Waals surface area contributed by atoms with Crippen LogP contribution >= 0.6 is 0 Å². The molecule has 1 aliphatic heterocycles. The van der Waals surface area contributed by atoms with Crippen LogP contribution in [0.5, 0.6) is 5.75 Å². The highest BCUT2D eigenvalue weighted by atomic mass is 32.2. The summed E-state index contributed by atoms with van der Waals surface area (Å²) in [5.41, 5.74) is -1.64. The number of ether oxygens (including phenoxy) is 1. The van der Waals surface area contributed by atoms with Gasteiger partial charge in [-0.1, -0.05) is 6.07 Å². The number of alkyl halides is 6. The zero-order valence-electron chi connectivity index (χ0n) is 20.0. The van der Waals surface area contributed by atoms with Crippen LogP contribution in [-0.2, 0) is 25.9 Å². The minimum Gasteiger partial charge on any atom is -0.405 e. The summed E-state index contributed by atoms with van der Waals surface area (Å²) in [4.78, 5) is 13.2. The molecule has 2 aromatic rings. The largest absolute Gasteiger partial charge is 0.573 e. The van der Waals surface area contributed by atoms with E-state index in [-0.39, 0.29) is 25.9 Å². The molecule has 0 unspecified atom stereocenters. The second-order valence-electron chi connectivity index (χ2n) is 8.88. The Morgan fingerprint density at radius 3 is 2.08 bits per heavy atom. The number of carbonyl (C=O) groups is 1. The number of piperidine rings is 1. The Labute approximate surface area is 215 Å². The monoisotopic (exact) mass is 587 g/mol. The average molecular weight is 588 g/mol. The molecule has 0 spiro atoms. The van der Waals surface area contributed by atoms with Gasteiger partial charge in [-0.25, -0.2) is 16.8 Å². The highest BCUT2D eigenvalue weighted by molar-refractivity contribution is 7.92. The predicted octanol–water partition coefficient (Wildman–Crippen LogP) is 4.72. The number of amides is 1. The number of sulfone groups is 2. The summed E-state index contributed by atoms with van der Waals surface area (Å²) >= 11 is 0. The van der Waals surface area contributed by atoms with E-state index in [1.807, 2.05) is 0 Å². The fourth-order valence-corrected chi connectivity index (χ4v) is 6.58. The molecular formula is C23H23F6NO6S2. The van der Waals surface area contributed by atoms with Crippen LogP contribution in [0.15, 0.2) is 52.3 Å². The van der Waals surface area contributed by atoms with Gasteiger partial charge in [0, 0.05) is 19.3 Å². The van der Waals surface area contributed by atoms with E-state index in [2.05, 4.69) is 4.74 Å². The van der Waals surface area contributed by atoms with Gasteiger partial charge in [0.1, 0.15) is 5.75 Å². The summed E-state index contributed by atoms with van der Waals surface area (Å²) in [5.74, 6) is -2.42. The molecule has 1 fully saturated rings. The van der Waals surface area contributed by atoms with E-state index in [1.54, 1.807) is 0 Å². The van der Waals surface area contributed by atoms with Crippen LogP contribution in [0.1, 0.15) is 35.7 Å². The smallest absolute Gasteiger partial charge is 0.405 e. The van der Waals surface area contributed by atoms with Crippen molar-refractivity contribution >= 4 is 25.6 Å². The van der Waals surface area contributed by atoms with Gasteiger partial charge in [0.2, 0.25) is 0 Å². The van der Waals surface area contributed by atoms with Gasteiger partial charge in [-0.15, -0.1) is 13.2 Å². The molecule has 7 nitrogen and oxygen atoms in total. The average Bonchev–Trinajstić information content (AvgIpc) is 2.81. The number of rotatable bonds is 6. The number of likely N-dealkylation sites (tertiary alicyclic amines) is 1. The van der Waals surface area contributed by atoms with E-state index in [0.29, 0.717) is 12.1 Å². The molecule has 1 amide bonds. The number of nitrogens with zero attached hydrogens (tertiary/aromatic N) is 1. The molecule has 2 aromatic carbocycles. The van der Waals surface area contributed by atoms with E-state index in [9.17, 15) is 48.0 Å². The van der Waals surface area contributed by atoms with Crippen LogP contribution in [0.4, 0.5) is 26.3 Å². The number of benzene rings is 2. The standard InChI is InChI=1S/C23H23F6NO6S2/c1-14(38(34,35)18-5-3-4-16(12-18)22(24,25)26)15-8-10-30(11-9-15)21(31)19-7-6-17(37(2,32)33)13-20(19)36-23(27,28)29/h3-7,12-15H,8-11H2,1-2H3/t14-/m1/s1. The molecule has 0 N–H and O–H groups in total. The van der Waals surface area contributed by atoms with Crippen molar-refractivity contribution in [3.05, 3.63) is 53.6 Å². The first-order valence-corrected chi connectivity index (χ1v) is 14.5. The van der Waals surface area contributed by atoms with Gasteiger partial charge < -0.3 is 9.64 Å². The van der Waals surface area contributed by atoms with Crippen LogP contribution in [0.2, 0.25) is 0 Å². The van der Waals surface area contributed by atoms with Crippen molar-refractivity contribution in [3.63, 3.8) is 0 Å². The minimum atomic E-state index is -5.20. The van der Waals surface area contributed by atoms with Crippen molar-refractivity contribution in [1.82, 2.24) is 4.90 Å². The maximum Gasteiger partial charge on any atom is 0.573 e. The van der Waals surface area contributed by atoms with E-state index in [4.69, 9.17) is 0 Å². The molecule has 0 saturated carbocycles. The number of hydrogen-bond donors (Lipinski definition) is 0. The molecule has 0 aromatic heterocycles. The quantitative estimate of drug-likeness (QED) is 0.454. The second kappa shape index (κ2) is 10.4. The summed E-state index contributed by atoms with van der Waals surface area (Å²) < 4.78 is 131. The van der Waals surface area contributed by atoms with Crippen molar-refractivity contribution in [2.24, 2.45) is 5.92 Å². The van der Waals surface area contributed by atoms with Crippen molar-refractivity contribution in [2.75, 3.05) is 19.3 Å². The highest BCUT2D eigenvalue weighted by Gasteiger charge is 2.38. The zero-order valence-corrected chi connectivity index (χ0v) is 21.6. The third-order valence-corrected chi connectivity index (χ3v) is 9.69. The molecule has 0 aliphatic carbocycles. The molecule has 38 heavy (non-hydrogen) atoms. The van der Waals surface area contributed by atoms with Gasteiger partial charge in [-0.05, 0) is 62.1 Å². The first-order valence-electron chi connectivity index (χ1n) is 11.1. The van der Waals surface area contributed by atoms with Crippen molar-refractivity contribution in [1.29, 1.82) is 0 Å². The number of halogens is 6. The lowest BCUT2D eigenvalue weighted by molar-refractivity contribution is -0.274. The van der Waals surface area contributed by atoms with Gasteiger partial charge in [-0.3, -0.25) is 4.79 Å². The molecule has 1 heterocycles. The number of hydrogen-bond acceptors (Lipinski definition) is 6. The van der Waals surface area contributed by atoms with Gasteiger partial charge in [0.15, 0.2) is 19.7 Å². The number of carbonyl (C=O) groups excluding carboxylic acids is 1. The van der Waals surface area contributed by atoms with Gasteiger partial charge in [-0.2, -0.15) is 13.2 Å². The Kier molecular flexibility index (Phi) is 8.14. The Morgan fingerprint density at radius 1 is 0.947 bits per heavy atom. The van der Waals surface area contributed by atoms with Crippen LogP contribution in [0, 0.1) is 5.92 Å². The first kappa shape index (κ1) is 29.7. The zero-order chi connectivity index (χ0) is 28.7. The molecule has 210 valence electrons. The summed E-state index contributed by atoms with van der Waals surface area (Å²) in [6.07, 6.45) is -8.93. The van der Waals surface area contributed by atoms with Crippen LogP contribution in [-0.4, -0.2) is 58.6 Å². The fraction of sp³-hybridized carbons (Fsp3) is 0.435. The van der Waals surface area contributed by atoms with Gasteiger partial charge in [0.05, 0.1) is 26.2 Å². The minimum absolute atomic E-state index is 0.0504. The highest BCUT2D eigenvalue weighted by Crippen LogP contribution is 2.35. The Bertz CT molecular complexity index is 1410. The van der Waals surface area contributed by atoms with Gasteiger partial charge in [0.25, 0.3) is 5.91 Å². The van der Waals surface area contributed by atoms with E-state index in [1.165, 1.54) is 11.8 Å². The molecule has 1 saturated heterocycles. The van der Waals surface area contributed by atoms with E-state index >= 15 is 0 Å². The topological polar surface area (TPSA) is 97.8 Å². The molecule has 1 atom stereocenters. The van der Waals surface area contributed by atoms with E-state index in [0.717, 1.165) is 36.6 Å². The lowest BCUT2D eigenvalue weighted by atomic mass is 9.93. The van der Waals surface area contributed by atoms with Crippen LogP contribution in [0.25, 0.3) is 0 Å². The van der Waals surface area contributed by atoms with Crippen molar-refractivity contribution < 1.29 is 52.7 Å². The molecule has 1 aliphatic rings. The molecular weight excluding hydrogens is 564 g/mol. The Balaban J connectivity index is 1.78. The van der Waals surface area contributed by atoms with Crippen molar-refractivity contribution in [2.45, 2.75) is 47.3 Å². The molecule has 0 radical (unpaired) electrons. The first-order chi connectivity index (χ1) is 17.3. The van der Waals surface area contributed by atoms with Crippen LogP contribution in [0.3, 0.4) is 0 Å². The summed E-state index contributed by atoms with van der Waals surface area (Å²) in [6.45, 7) is 1.26. The Morgan fingerprint density at radius 2 is 1.55 bits per heavy atom. The predicted molar refractivity (Wildman–Crippen MR) is 123 cm³/mol. The van der Waals surface area contributed by atoms with Crippen LogP contribution < -0.4 is 4.74 Å². The summed E-state index contributed by atoms with van der Waals surface area (Å²) in [6, 6.07) is 5.88. The third kappa shape index (κ3) is 6.79. The maximum absolute atomic E-state index is 13.0. The third-order valence-electron chi connectivity index (χ3n) is 6.31. The fourth-order valence-electron chi connectivity index (χ4n) is 4.18. The normalized spacial score (nSPS) is 16.8. The van der Waals surface area contributed by atoms with Gasteiger partial charge >= 0.3 is 12.5 Å². The molecule has 15 heteroatoms. The van der Waals surface area contributed by atoms with E-state index < -0.39 is 76.0 Å². The SMILES string of the molecule is C[C@H](C1CCN(C(=O)c2ccc(S(C)(=O)=O)cc2OC(F)(F)F)CC1)S(=O)(=O)c1cccc(C(F)(F)F)c1. The maximum atomic E-state index is 13.0. The second-order valence-corrected chi connectivity index (χ2v) is 13.2. The lowest BCUT2D eigenvalue weighted by Gasteiger charge is -2.35. The molecule has 0 bridgehead atoms. The molecule has 3 rings (SSSR count). The lowest BCUT2D eigenvalue weighted by Crippen LogP contribution is -2.42.